The molecule has 17 heavy (non-hydrogen) atoms. The highest BCUT2D eigenvalue weighted by molar-refractivity contribution is 6.30. The van der Waals surface area contributed by atoms with Crippen LogP contribution >= 0.6 is 11.6 Å². The van der Waals surface area contributed by atoms with Crippen molar-refractivity contribution in [2.45, 2.75) is 18.6 Å². The van der Waals surface area contributed by atoms with Gasteiger partial charge >= 0.3 is 6.18 Å². The van der Waals surface area contributed by atoms with Gasteiger partial charge in [-0.3, -0.25) is 0 Å². The van der Waals surface area contributed by atoms with E-state index >= 15 is 0 Å². The standard InChI is InChI=1S/C10H10ClF4NO/c1-17-9-5(2-6(11)4-7(9)12)3-8(16)10(13,14)15/h2,4,8H,3,16H2,1H3. The lowest BCUT2D eigenvalue weighted by Crippen LogP contribution is -2.39. The van der Waals surface area contributed by atoms with Crippen LogP contribution in [0.25, 0.3) is 0 Å². The first-order valence-corrected chi connectivity index (χ1v) is 4.97. The Balaban J connectivity index is 3.05. The minimum absolute atomic E-state index is 0.00678. The SMILES string of the molecule is COc1c(F)cc(Cl)cc1CC(N)C(F)(F)F. The van der Waals surface area contributed by atoms with Crippen molar-refractivity contribution in [2.75, 3.05) is 7.11 Å². The molecule has 1 unspecified atom stereocenters. The minimum Gasteiger partial charge on any atom is -0.493 e. The van der Waals surface area contributed by atoms with Gasteiger partial charge in [0.1, 0.15) is 6.04 Å². The molecule has 0 aliphatic rings. The van der Waals surface area contributed by atoms with E-state index in [1.54, 1.807) is 0 Å². The summed E-state index contributed by atoms with van der Waals surface area (Å²) in [6.45, 7) is 0. The summed E-state index contributed by atoms with van der Waals surface area (Å²) in [6, 6.07) is 0.0761. The maximum atomic E-state index is 13.3. The maximum absolute atomic E-state index is 13.3. The van der Waals surface area contributed by atoms with Gasteiger partial charge in [-0.15, -0.1) is 0 Å². The fourth-order valence-corrected chi connectivity index (χ4v) is 1.57. The van der Waals surface area contributed by atoms with Crippen LogP contribution in [0.5, 0.6) is 5.75 Å². The summed E-state index contributed by atoms with van der Waals surface area (Å²) in [5.41, 5.74) is 4.95. The molecule has 2 N–H and O–H groups in total. The average Bonchev–Trinajstić information content (AvgIpc) is 2.15. The molecule has 0 saturated heterocycles. The van der Waals surface area contributed by atoms with Crippen LogP contribution in [-0.4, -0.2) is 19.3 Å². The topological polar surface area (TPSA) is 35.2 Å². The van der Waals surface area contributed by atoms with E-state index in [4.69, 9.17) is 17.3 Å². The summed E-state index contributed by atoms with van der Waals surface area (Å²) in [6.07, 6.45) is -5.14. The Kier molecular flexibility index (Phi) is 4.21. The van der Waals surface area contributed by atoms with E-state index in [2.05, 4.69) is 4.74 Å². The quantitative estimate of drug-likeness (QED) is 0.858. The third-order valence-electron chi connectivity index (χ3n) is 2.15. The van der Waals surface area contributed by atoms with Gasteiger partial charge in [0.25, 0.3) is 0 Å². The molecule has 0 aliphatic carbocycles. The second-order valence-corrected chi connectivity index (χ2v) is 3.87. The Morgan fingerprint density at radius 1 is 1.41 bits per heavy atom. The number of methoxy groups -OCH3 is 1. The number of hydrogen-bond donors (Lipinski definition) is 1. The molecule has 2 nitrogen and oxygen atoms in total. The van der Waals surface area contributed by atoms with Gasteiger partial charge < -0.3 is 10.5 Å². The Hall–Kier alpha value is -1.01. The highest BCUT2D eigenvalue weighted by atomic mass is 35.5. The predicted octanol–water partition coefficient (Wildman–Crippen LogP) is 2.92. The first-order valence-electron chi connectivity index (χ1n) is 4.60. The summed E-state index contributed by atoms with van der Waals surface area (Å²) in [7, 11) is 1.16. The van der Waals surface area contributed by atoms with Crippen LogP contribution < -0.4 is 10.5 Å². The number of halogens is 5. The number of nitrogens with two attached hydrogens (primary N) is 1. The average molecular weight is 272 g/mol. The molecule has 0 spiro atoms. The number of ether oxygens (including phenoxy) is 1. The molecule has 1 atom stereocenters. The first kappa shape index (κ1) is 14.1. The molecule has 96 valence electrons. The molecule has 7 heteroatoms. The van der Waals surface area contributed by atoms with E-state index in [0.29, 0.717) is 0 Å². The van der Waals surface area contributed by atoms with Crippen molar-refractivity contribution < 1.29 is 22.3 Å². The van der Waals surface area contributed by atoms with Crippen LogP contribution in [0, 0.1) is 5.82 Å². The van der Waals surface area contributed by atoms with Crippen LogP contribution in [-0.2, 0) is 6.42 Å². The zero-order chi connectivity index (χ0) is 13.2. The third kappa shape index (κ3) is 3.47. The van der Waals surface area contributed by atoms with E-state index in [1.165, 1.54) is 6.07 Å². The highest BCUT2D eigenvalue weighted by Gasteiger charge is 2.37. The van der Waals surface area contributed by atoms with Gasteiger partial charge in [-0.1, -0.05) is 11.6 Å². The van der Waals surface area contributed by atoms with Crippen molar-refractivity contribution >= 4 is 11.6 Å². The van der Waals surface area contributed by atoms with Crippen molar-refractivity contribution in [3.63, 3.8) is 0 Å². The van der Waals surface area contributed by atoms with Crippen LogP contribution in [0.15, 0.2) is 12.1 Å². The third-order valence-corrected chi connectivity index (χ3v) is 2.37. The van der Waals surface area contributed by atoms with Gasteiger partial charge in [-0.05, 0) is 12.1 Å². The normalized spacial score (nSPS) is 13.6. The van der Waals surface area contributed by atoms with Gasteiger partial charge in [0.2, 0.25) is 0 Å². The van der Waals surface area contributed by atoms with Crippen molar-refractivity contribution in [2.24, 2.45) is 5.73 Å². The molecule has 0 amide bonds. The fourth-order valence-electron chi connectivity index (χ4n) is 1.35. The van der Waals surface area contributed by atoms with Crippen LogP contribution in [0.3, 0.4) is 0 Å². The monoisotopic (exact) mass is 271 g/mol. The van der Waals surface area contributed by atoms with E-state index in [0.717, 1.165) is 13.2 Å². The van der Waals surface area contributed by atoms with E-state index < -0.39 is 24.5 Å². The second kappa shape index (κ2) is 5.10. The number of benzene rings is 1. The van der Waals surface area contributed by atoms with Crippen molar-refractivity contribution in [3.05, 3.63) is 28.5 Å². The molecule has 0 saturated carbocycles. The Labute approximate surface area is 100 Å². The molecule has 0 fully saturated rings. The zero-order valence-electron chi connectivity index (χ0n) is 8.81. The number of hydrogen-bond acceptors (Lipinski definition) is 2. The van der Waals surface area contributed by atoms with Crippen LogP contribution in [0.1, 0.15) is 5.56 Å². The lowest BCUT2D eigenvalue weighted by molar-refractivity contribution is -0.147. The Morgan fingerprint density at radius 2 is 2.00 bits per heavy atom. The van der Waals surface area contributed by atoms with Crippen molar-refractivity contribution in [1.82, 2.24) is 0 Å². The van der Waals surface area contributed by atoms with E-state index in [1.807, 2.05) is 0 Å². The molecule has 1 rings (SSSR count). The molecular formula is C10H10ClF4NO. The summed E-state index contributed by atoms with van der Waals surface area (Å²) in [5.74, 6) is -1.08. The van der Waals surface area contributed by atoms with E-state index in [9.17, 15) is 17.6 Å². The van der Waals surface area contributed by atoms with E-state index in [-0.39, 0.29) is 16.3 Å². The zero-order valence-corrected chi connectivity index (χ0v) is 9.57. The molecule has 1 aromatic carbocycles. The summed E-state index contributed by atoms with van der Waals surface area (Å²) in [5, 5.41) is -0.00678. The second-order valence-electron chi connectivity index (χ2n) is 3.43. The van der Waals surface area contributed by atoms with Gasteiger partial charge in [-0.25, -0.2) is 4.39 Å². The summed E-state index contributed by atoms with van der Waals surface area (Å²) < 4.78 is 54.9. The lowest BCUT2D eigenvalue weighted by Gasteiger charge is -2.17. The maximum Gasteiger partial charge on any atom is 0.403 e. The number of alkyl halides is 3. The molecule has 0 bridgehead atoms. The molecule has 0 aromatic heterocycles. The Morgan fingerprint density at radius 3 is 2.47 bits per heavy atom. The molecule has 0 aliphatic heterocycles. The van der Waals surface area contributed by atoms with Crippen LogP contribution in [0.4, 0.5) is 17.6 Å². The summed E-state index contributed by atoms with van der Waals surface area (Å²) in [4.78, 5) is 0. The largest absolute Gasteiger partial charge is 0.493 e. The smallest absolute Gasteiger partial charge is 0.403 e. The predicted molar refractivity (Wildman–Crippen MR) is 55.7 cm³/mol. The van der Waals surface area contributed by atoms with Crippen molar-refractivity contribution in [3.8, 4) is 5.75 Å². The molecule has 1 aromatic rings. The lowest BCUT2D eigenvalue weighted by atomic mass is 10.0. The first-order chi connectivity index (χ1) is 7.75. The minimum atomic E-state index is -4.55. The molecule has 0 radical (unpaired) electrons. The molecule has 0 heterocycles. The Bertz CT molecular complexity index is 408. The van der Waals surface area contributed by atoms with Gasteiger partial charge in [0.15, 0.2) is 11.6 Å². The fraction of sp³-hybridized carbons (Fsp3) is 0.400. The summed E-state index contributed by atoms with van der Waals surface area (Å²) >= 11 is 5.56. The van der Waals surface area contributed by atoms with Crippen molar-refractivity contribution in [1.29, 1.82) is 0 Å². The number of rotatable bonds is 3. The van der Waals surface area contributed by atoms with Gasteiger partial charge in [0, 0.05) is 17.0 Å². The highest BCUT2D eigenvalue weighted by Crippen LogP contribution is 2.30. The van der Waals surface area contributed by atoms with Gasteiger partial charge in [-0.2, -0.15) is 13.2 Å². The van der Waals surface area contributed by atoms with Crippen LogP contribution in [0.2, 0.25) is 5.02 Å². The van der Waals surface area contributed by atoms with Gasteiger partial charge in [0.05, 0.1) is 7.11 Å². The molecular weight excluding hydrogens is 262 g/mol.